The van der Waals surface area contributed by atoms with Gasteiger partial charge in [-0.2, -0.15) is 23.5 Å². The number of alkyl halides is 3. The Morgan fingerprint density at radius 3 is 2.55 bits per heavy atom. The molecule has 9 heteroatoms. The summed E-state index contributed by atoms with van der Waals surface area (Å²) in [6, 6.07) is 11.3. The van der Waals surface area contributed by atoms with E-state index >= 15 is 0 Å². The van der Waals surface area contributed by atoms with Crippen LogP contribution in [0, 0.1) is 17.1 Å². The van der Waals surface area contributed by atoms with Crippen molar-refractivity contribution in [3.05, 3.63) is 77.2 Å². The van der Waals surface area contributed by atoms with Gasteiger partial charge in [-0.05, 0) is 48.5 Å². The van der Waals surface area contributed by atoms with Crippen molar-refractivity contribution < 1.29 is 22.4 Å². The third-order valence-corrected chi connectivity index (χ3v) is 3.91. The summed E-state index contributed by atoms with van der Waals surface area (Å²) < 4.78 is 51.5. The summed E-state index contributed by atoms with van der Waals surface area (Å²) in [5, 5.41) is 18.2. The zero-order valence-corrected chi connectivity index (χ0v) is 14.6. The van der Waals surface area contributed by atoms with Gasteiger partial charge in [-0.1, -0.05) is 6.07 Å². The smallest absolute Gasteiger partial charge is 0.321 e. The van der Waals surface area contributed by atoms with Crippen LogP contribution >= 0.6 is 0 Å². The van der Waals surface area contributed by atoms with Gasteiger partial charge >= 0.3 is 6.18 Å². The van der Waals surface area contributed by atoms with E-state index in [4.69, 9.17) is 0 Å². The fourth-order valence-electron chi connectivity index (χ4n) is 2.53. The van der Waals surface area contributed by atoms with Crippen LogP contribution in [0.15, 0.2) is 60.3 Å². The molecule has 5 nitrogen and oxygen atoms in total. The number of amides is 1. The number of halogens is 4. The second-order valence-electron chi connectivity index (χ2n) is 5.91. The van der Waals surface area contributed by atoms with Gasteiger partial charge in [0.05, 0.1) is 17.5 Å². The Morgan fingerprint density at radius 2 is 1.90 bits per heavy atom. The van der Waals surface area contributed by atoms with Gasteiger partial charge in [0.25, 0.3) is 5.91 Å². The molecule has 2 aromatic carbocycles. The maximum atomic E-state index is 13.1. The van der Waals surface area contributed by atoms with Crippen LogP contribution in [-0.4, -0.2) is 16.1 Å². The Kier molecular flexibility index (Phi) is 5.45. The maximum Gasteiger partial charge on any atom is 0.416 e. The number of hydrogen-bond acceptors (Lipinski definition) is 3. The Morgan fingerprint density at radius 1 is 1.17 bits per heavy atom. The van der Waals surface area contributed by atoms with Crippen LogP contribution in [0.4, 0.5) is 23.2 Å². The van der Waals surface area contributed by atoms with Gasteiger partial charge < -0.3 is 5.32 Å². The standard InChI is InChI=1S/C20H12F4N4O/c21-16-6-4-12(5-7-16)18-14(11-26-28-18)8-13(10-25)19(29)27-17-3-1-2-15(9-17)20(22,23)24/h1-9,11H,(H,26,28)(H,27,29)/b13-8+. The van der Waals surface area contributed by atoms with Gasteiger partial charge in [-0.15, -0.1) is 0 Å². The Labute approximate surface area is 162 Å². The summed E-state index contributed by atoms with van der Waals surface area (Å²) in [5.41, 5.74) is 0.0398. The predicted molar refractivity (Wildman–Crippen MR) is 97.6 cm³/mol. The number of benzene rings is 2. The third-order valence-electron chi connectivity index (χ3n) is 3.91. The minimum atomic E-state index is -4.56. The first kappa shape index (κ1) is 19.8. The molecule has 3 aromatic rings. The van der Waals surface area contributed by atoms with Crippen molar-refractivity contribution in [1.82, 2.24) is 10.2 Å². The molecule has 0 saturated heterocycles. The number of nitriles is 1. The summed E-state index contributed by atoms with van der Waals surface area (Å²) in [6.45, 7) is 0. The lowest BCUT2D eigenvalue weighted by Gasteiger charge is -2.09. The van der Waals surface area contributed by atoms with Crippen LogP contribution < -0.4 is 5.32 Å². The highest BCUT2D eigenvalue weighted by Crippen LogP contribution is 2.31. The molecule has 0 aliphatic rings. The minimum Gasteiger partial charge on any atom is -0.321 e. The highest BCUT2D eigenvalue weighted by molar-refractivity contribution is 6.10. The number of aromatic nitrogens is 2. The van der Waals surface area contributed by atoms with E-state index in [0.29, 0.717) is 16.8 Å². The van der Waals surface area contributed by atoms with E-state index in [1.165, 1.54) is 42.6 Å². The van der Waals surface area contributed by atoms with Gasteiger partial charge in [0, 0.05) is 16.8 Å². The number of rotatable bonds is 4. The van der Waals surface area contributed by atoms with Crippen LogP contribution in [-0.2, 0) is 11.0 Å². The zero-order chi connectivity index (χ0) is 21.0. The predicted octanol–water partition coefficient (Wildman–Crippen LogP) is 4.78. The largest absolute Gasteiger partial charge is 0.416 e. The lowest BCUT2D eigenvalue weighted by Crippen LogP contribution is -2.14. The lowest BCUT2D eigenvalue weighted by molar-refractivity contribution is -0.137. The molecule has 146 valence electrons. The summed E-state index contributed by atoms with van der Waals surface area (Å²) >= 11 is 0. The van der Waals surface area contributed by atoms with Crippen LogP contribution in [0.3, 0.4) is 0 Å². The number of H-pyrrole nitrogens is 1. The molecule has 2 N–H and O–H groups in total. The first-order chi connectivity index (χ1) is 13.8. The fraction of sp³-hybridized carbons (Fsp3) is 0.0500. The number of anilines is 1. The normalized spacial score (nSPS) is 11.8. The molecule has 0 saturated carbocycles. The van der Waals surface area contributed by atoms with Gasteiger partial charge in [0.1, 0.15) is 17.5 Å². The highest BCUT2D eigenvalue weighted by Gasteiger charge is 2.30. The maximum absolute atomic E-state index is 13.1. The summed E-state index contributed by atoms with van der Waals surface area (Å²) in [7, 11) is 0. The zero-order valence-electron chi connectivity index (χ0n) is 14.6. The molecule has 0 radical (unpaired) electrons. The lowest BCUT2D eigenvalue weighted by atomic mass is 10.1. The van der Waals surface area contributed by atoms with Crippen molar-refractivity contribution in [3.8, 4) is 17.3 Å². The molecule has 1 heterocycles. The summed E-state index contributed by atoms with van der Waals surface area (Å²) in [6.07, 6.45) is -1.95. The number of carbonyl (C=O) groups excluding carboxylic acids is 1. The van der Waals surface area contributed by atoms with Gasteiger partial charge in [-0.25, -0.2) is 4.39 Å². The quantitative estimate of drug-likeness (QED) is 0.376. The van der Waals surface area contributed by atoms with Gasteiger partial charge in [0.2, 0.25) is 0 Å². The number of nitrogens with one attached hydrogen (secondary N) is 2. The van der Waals surface area contributed by atoms with Crippen molar-refractivity contribution >= 4 is 17.7 Å². The summed E-state index contributed by atoms with van der Waals surface area (Å²) in [5.74, 6) is -1.30. The molecule has 0 aliphatic heterocycles. The van der Waals surface area contributed by atoms with Crippen molar-refractivity contribution in [1.29, 1.82) is 5.26 Å². The molecule has 0 aliphatic carbocycles. The topological polar surface area (TPSA) is 81.6 Å². The average Bonchev–Trinajstić information content (AvgIpc) is 3.14. The average molecular weight is 400 g/mol. The molecule has 0 fully saturated rings. The van der Waals surface area contributed by atoms with E-state index in [9.17, 15) is 27.6 Å². The van der Waals surface area contributed by atoms with Crippen LogP contribution in [0.5, 0.6) is 0 Å². The summed E-state index contributed by atoms with van der Waals surface area (Å²) in [4.78, 5) is 12.4. The second-order valence-corrected chi connectivity index (χ2v) is 5.91. The molecule has 29 heavy (non-hydrogen) atoms. The molecule has 0 spiro atoms. The monoisotopic (exact) mass is 400 g/mol. The first-order valence-corrected chi connectivity index (χ1v) is 8.17. The van der Waals surface area contributed by atoms with Crippen molar-refractivity contribution in [3.63, 3.8) is 0 Å². The molecular weight excluding hydrogens is 388 g/mol. The Hall–Kier alpha value is -3.93. The van der Waals surface area contributed by atoms with E-state index in [1.807, 2.05) is 0 Å². The first-order valence-electron chi connectivity index (χ1n) is 8.17. The molecule has 0 unspecified atom stereocenters. The van der Waals surface area contributed by atoms with E-state index in [0.717, 1.165) is 18.2 Å². The van der Waals surface area contributed by atoms with Crippen molar-refractivity contribution in [2.75, 3.05) is 5.32 Å². The van der Waals surface area contributed by atoms with E-state index < -0.39 is 23.5 Å². The Balaban J connectivity index is 1.86. The van der Waals surface area contributed by atoms with Crippen LogP contribution in [0.1, 0.15) is 11.1 Å². The number of nitrogens with zero attached hydrogens (tertiary/aromatic N) is 2. The number of aromatic amines is 1. The Bertz CT molecular complexity index is 1110. The van der Waals surface area contributed by atoms with Crippen molar-refractivity contribution in [2.24, 2.45) is 0 Å². The molecule has 0 bridgehead atoms. The van der Waals surface area contributed by atoms with Crippen LogP contribution in [0.2, 0.25) is 0 Å². The third kappa shape index (κ3) is 4.68. The molecule has 1 aromatic heterocycles. The van der Waals surface area contributed by atoms with Gasteiger partial charge in [-0.3, -0.25) is 9.89 Å². The van der Waals surface area contributed by atoms with E-state index in [1.54, 1.807) is 6.07 Å². The number of carbonyl (C=O) groups is 1. The fourth-order valence-corrected chi connectivity index (χ4v) is 2.53. The van der Waals surface area contributed by atoms with E-state index in [2.05, 4.69) is 15.5 Å². The number of hydrogen-bond donors (Lipinski definition) is 2. The molecule has 0 atom stereocenters. The molecular formula is C20H12F4N4O. The highest BCUT2D eigenvalue weighted by atomic mass is 19.4. The van der Waals surface area contributed by atoms with Crippen LogP contribution in [0.25, 0.3) is 17.3 Å². The minimum absolute atomic E-state index is 0.100. The SMILES string of the molecule is N#C/C(=C\c1cn[nH]c1-c1ccc(F)cc1)C(=O)Nc1cccc(C(F)(F)F)c1. The van der Waals surface area contributed by atoms with E-state index in [-0.39, 0.29) is 11.3 Å². The molecule has 1 amide bonds. The second kappa shape index (κ2) is 7.98. The molecule has 3 rings (SSSR count). The van der Waals surface area contributed by atoms with Gasteiger partial charge in [0.15, 0.2) is 0 Å². The van der Waals surface area contributed by atoms with Crippen molar-refractivity contribution in [2.45, 2.75) is 6.18 Å².